The lowest BCUT2D eigenvalue weighted by molar-refractivity contribution is -0.142. The Bertz CT molecular complexity index is 155. The zero-order valence-electron chi connectivity index (χ0n) is 8.80. The van der Waals surface area contributed by atoms with E-state index < -0.39 is 0 Å². The molecule has 0 radical (unpaired) electrons. The molecule has 0 aliphatic rings. The van der Waals surface area contributed by atoms with Crippen molar-refractivity contribution in [3.05, 3.63) is 0 Å². The highest BCUT2D eigenvalue weighted by atomic mass is 32.1. The molecular weight excluding hydrogens is 184 g/mol. The summed E-state index contributed by atoms with van der Waals surface area (Å²) in [6, 6.07) is 0. The molecule has 0 bridgehead atoms. The summed E-state index contributed by atoms with van der Waals surface area (Å²) in [6.07, 6.45) is 5.62. The Hall–Kier alpha value is -0.180. The summed E-state index contributed by atoms with van der Waals surface area (Å²) in [7, 11) is 0. The molecule has 0 aromatic heterocycles. The molecule has 13 heavy (non-hydrogen) atoms. The van der Waals surface area contributed by atoms with Crippen molar-refractivity contribution in [3.63, 3.8) is 0 Å². The number of rotatable bonds is 6. The SMILES string of the molecule is CCCCCCC(C)(C)C(=O)OS. The first-order valence-corrected chi connectivity index (χ1v) is 5.27. The lowest BCUT2D eigenvalue weighted by Gasteiger charge is -2.20. The van der Waals surface area contributed by atoms with E-state index >= 15 is 0 Å². The number of hydrogen-bond donors (Lipinski definition) is 1. The lowest BCUT2D eigenvalue weighted by atomic mass is 9.87. The second-order valence-corrected chi connectivity index (χ2v) is 4.26. The Morgan fingerprint density at radius 1 is 1.31 bits per heavy atom. The van der Waals surface area contributed by atoms with Gasteiger partial charge < -0.3 is 4.18 Å². The highest BCUT2D eigenvalue weighted by Gasteiger charge is 2.28. The first kappa shape index (κ1) is 12.8. The maximum Gasteiger partial charge on any atom is 0.323 e. The molecular formula is C10H20O2S. The number of carbonyl (C=O) groups is 1. The highest BCUT2D eigenvalue weighted by Crippen LogP contribution is 2.25. The lowest BCUT2D eigenvalue weighted by Crippen LogP contribution is -2.24. The Kier molecular flexibility index (Phi) is 6.21. The normalized spacial score (nSPS) is 11.4. The van der Waals surface area contributed by atoms with Gasteiger partial charge in [-0.15, -0.1) is 0 Å². The van der Waals surface area contributed by atoms with Crippen LogP contribution >= 0.6 is 12.9 Å². The summed E-state index contributed by atoms with van der Waals surface area (Å²) in [5, 5.41) is 0. The summed E-state index contributed by atoms with van der Waals surface area (Å²) in [5.41, 5.74) is -0.379. The van der Waals surface area contributed by atoms with Gasteiger partial charge in [-0.05, 0) is 20.3 Å². The molecule has 3 heteroatoms. The van der Waals surface area contributed by atoms with Crippen molar-refractivity contribution in [1.29, 1.82) is 0 Å². The fourth-order valence-electron chi connectivity index (χ4n) is 1.22. The number of unbranched alkanes of at least 4 members (excludes halogenated alkanes) is 3. The van der Waals surface area contributed by atoms with E-state index in [0.29, 0.717) is 0 Å². The van der Waals surface area contributed by atoms with Crippen molar-refractivity contribution in [2.45, 2.75) is 52.9 Å². The smallest absolute Gasteiger partial charge is 0.323 e. The molecule has 0 heterocycles. The van der Waals surface area contributed by atoms with Crippen LogP contribution in [0.5, 0.6) is 0 Å². The van der Waals surface area contributed by atoms with E-state index in [1.807, 2.05) is 13.8 Å². The molecule has 0 spiro atoms. The van der Waals surface area contributed by atoms with E-state index in [2.05, 4.69) is 24.0 Å². The van der Waals surface area contributed by atoms with Crippen molar-refractivity contribution in [3.8, 4) is 0 Å². The fraction of sp³-hybridized carbons (Fsp3) is 0.900. The van der Waals surface area contributed by atoms with E-state index in [-0.39, 0.29) is 11.4 Å². The number of hydrogen-bond acceptors (Lipinski definition) is 3. The maximum absolute atomic E-state index is 11.2. The first-order chi connectivity index (χ1) is 6.04. The summed E-state index contributed by atoms with van der Waals surface area (Å²) in [5.74, 6) is -0.229. The molecule has 0 fully saturated rings. The summed E-state index contributed by atoms with van der Waals surface area (Å²) < 4.78 is 4.43. The van der Waals surface area contributed by atoms with E-state index in [1.54, 1.807) is 0 Å². The van der Waals surface area contributed by atoms with Gasteiger partial charge in [0.2, 0.25) is 0 Å². The van der Waals surface area contributed by atoms with Gasteiger partial charge in [-0.25, -0.2) is 0 Å². The third-order valence-corrected chi connectivity index (χ3v) is 2.46. The molecule has 0 unspecified atom stereocenters. The zero-order chi connectivity index (χ0) is 10.3. The second kappa shape index (κ2) is 6.30. The Balaban J connectivity index is 3.69. The Labute approximate surface area is 86.7 Å². The summed E-state index contributed by atoms with van der Waals surface area (Å²) in [4.78, 5) is 11.2. The Morgan fingerprint density at radius 2 is 1.92 bits per heavy atom. The van der Waals surface area contributed by atoms with Crippen molar-refractivity contribution >= 4 is 18.9 Å². The molecule has 0 N–H and O–H groups in total. The molecule has 0 aromatic carbocycles. The number of carbonyl (C=O) groups excluding carboxylic acids is 1. The molecule has 0 atom stereocenters. The average Bonchev–Trinajstić information content (AvgIpc) is 2.11. The molecule has 0 aliphatic carbocycles. The van der Waals surface area contributed by atoms with Crippen LogP contribution in [0.2, 0.25) is 0 Å². The van der Waals surface area contributed by atoms with Gasteiger partial charge in [-0.1, -0.05) is 32.6 Å². The molecule has 0 aromatic rings. The Morgan fingerprint density at radius 3 is 2.38 bits per heavy atom. The minimum Gasteiger partial charge on any atom is -0.394 e. The molecule has 0 saturated carbocycles. The molecule has 0 saturated heterocycles. The minimum absolute atomic E-state index is 0.229. The first-order valence-electron chi connectivity index (χ1n) is 4.90. The molecule has 78 valence electrons. The van der Waals surface area contributed by atoms with E-state index in [1.165, 1.54) is 19.3 Å². The second-order valence-electron chi connectivity index (χ2n) is 4.07. The van der Waals surface area contributed by atoms with Crippen LogP contribution in [-0.2, 0) is 8.98 Å². The van der Waals surface area contributed by atoms with Crippen molar-refractivity contribution in [2.75, 3.05) is 0 Å². The topological polar surface area (TPSA) is 26.3 Å². The zero-order valence-corrected chi connectivity index (χ0v) is 9.69. The van der Waals surface area contributed by atoms with Gasteiger partial charge >= 0.3 is 5.97 Å². The van der Waals surface area contributed by atoms with Gasteiger partial charge in [0.15, 0.2) is 0 Å². The quantitative estimate of drug-likeness (QED) is 0.408. The third-order valence-electron chi connectivity index (χ3n) is 2.29. The molecule has 0 rings (SSSR count). The van der Waals surface area contributed by atoms with Crippen molar-refractivity contribution in [2.24, 2.45) is 5.41 Å². The van der Waals surface area contributed by atoms with Crippen LogP contribution in [0.4, 0.5) is 0 Å². The van der Waals surface area contributed by atoms with Gasteiger partial charge in [-0.3, -0.25) is 4.79 Å². The third kappa shape index (κ3) is 5.19. The van der Waals surface area contributed by atoms with E-state index in [4.69, 9.17) is 0 Å². The summed E-state index contributed by atoms with van der Waals surface area (Å²) in [6.45, 7) is 5.97. The minimum atomic E-state index is -0.379. The van der Waals surface area contributed by atoms with Crippen LogP contribution < -0.4 is 0 Å². The van der Waals surface area contributed by atoms with Gasteiger partial charge in [0.1, 0.15) is 0 Å². The standard InChI is InChI=1S/C10H20O2S/c1-4-5-6-7-8-10(2,3)9(11)12-13/h13H,4-8H2,1-3H3. The van der Waals surface area contributed by atoms with Gasteiger partial charge in [0, 0.05) is 12.9 Å². The average molecular weight is 204 g/mol. The van der Waals surface area contributed by atoms with Gasteiger partial charge in [0.05, 0.1) is 5.41 Å². The van der Waals surface area contributed by atoms with Crippen LogP contribution in [0.1, 0.15) is 52.9 Å². The fourth-order valence-corrected chi connectivity index (χ4v) is 1.47. The molecule has 0 amide bonds. The van der Waals surface area contributed by atoms with Crippen LogP contribution in [-0.4, -0.2) is 5.97 Å². The predicted molar refractivity (Wildman–Crippen MR) is 57.6 cm³/mol. The largest absolute Gasteiger partial charge is 0.394 e. The summed E-state index contributed by atoms with van der Waals surface area (Å²) >= 11 is 3.52. The van der Waals surface area contributed by atoms with E-state index in [0.717, 1.165) is 12.8 Å². The predicted octanol–water partition coefficient (Wildman–Crippen LogP) is 3.37. The monoisotopic (exact) mass is 204 g/mol. The highest BCUT2D eigenvalue weighted by molar-refractivity contribution is 7.75. The van der Waals surface area contributed by atoms with Crippen molar-refractivity contribution in [1.82, 2.24) is 0 Å². The molecule has 2 nitrogen and oxygen atoms in total. The van der Waals surface area contributed by atoms with Gasteiger partial charge in [0.25, 0.3) is 0 Å². The van der Waals surface area contributed by atoms with Crippen LogP contribution in [0, 0.1) is 5.41 Å². The van der Waals surface area contributed by atoms with E-state index in [9.17, 15) is 4.79 Å². The molecule has 0 aliphatic heterocycles. The van der Waals surface area contributed by atoms with Crippen molar-refractivity contribution < 1.29 is 8.98 Å². The van der Waals surface area contributed by atoms with Crippen LogP contribution in [0.3, 0.4) is 0 Å². The van der Waals surface area contributed by atoms with Crippen LogP contribution in [0.15, 0.2) is 0 Å². The number of thiol groups is 1. The van der Waals surface area contributed by atoms with Crippen LogP contribution in [0.25, 0.3) is 0 Å². The van der Waals surface area contributed by atoms with Gasteiger partial charge in [-0.2, -0.15) is 0 Å². The maximum atomic E-state index is 11.2.